The van der Waals surface area contributed by atoms with Gasteiger partial charge in [-0.1, -0.05) is 16.9 Å². The Morgan fingerprint density at radius 3 is 2.70 bits per heavy atom. The fourth-order valence-corrected chi connectivity index (χ4v) is 3.34. The molecule has 0 spiro atoms. The first-order valence-corrected chi connectivity index (χ1v) is 9.20. The van der Waals surface area contributed by atoms with E-state index in [1.165, 1.54) is 12.1 Å². The van der Waals surface area contributed by atoms with Crippen molar-refractivity contribution in [1.82, 2.24) is 4.98 Å². The van der Waals surface area contributed by atoms with Crippen LogP contribution in [0.5, 0.6) is 5.75 Å². The monoisotopic (exact) mass is 352 g/mol. The van der Waals surface area contributed by atoms with E-state index in [1.807, 2.05) is 18.2 Å². The van der Waals surface area contributed by atoms with Crippen LogP contribution in [0.15, 0.2) is 53.7 Å². The zero-order chi connectivity index (χ0) is 16.5. The zero-order valence-corrected chi connectivity index (χ0v) is 14.1. The highest BCUT2D eigenvalue weighted by atomic mass is 33.1. The summed E-state index contributed by atoms with van der Waals surface area (Å²) < 4.78 is 11.1. The second-order valence-corrected chi connectivity index (χ2v) is 6.82. The lowest BCUT2D eigenvalue weighted by molar-refractivity contribution is -0.384. The van der Waals surface area contributed by atoms with Crippen molar-refractivity contribution in [1.29, 1.82) is 0 Å². The Hall–Kier alpha value is -1.77. The Morgan fingerprint density at radius 2 is 2.04 bits per heavy atom. The average Bonchev–Trinajstić information content (AvgIpc) is 2.56. The number of nitro groups is 1. The maximum atomic E-state index is 10.6. The van der Waals surface area contributed by atoms with E-state index >= 15 is 0 Å². The van der Waals surface area contributed by atoms with Gasteiger partial charge in [0.25, 0.3) is 5.69 Å². The van der Waals surface area contributed by atoms with Crippen LogP contribution in [-0.4, -0.2) is 28.6 Å². The lowest BCUT2D eigenvalue weighted by atomic mass is 10.3. The highest BCUT2D eigenvalue weighted by molar-refractivity contribution is 8.76. The van der Waals surface area contributed by atoms with Gasteiger partial charge in [-0.05, 0) is 42.0 Å². The number of hydrogen-bond donors (Lipinski definition) is 0. The molecule has 23 heavy (non-hydrogen) atoms. The van der Waals surface area contributed by atoms with Gasteiger partial charge in [0.05, 0.1) is 11.5 Å². The minimum Gasteiger partial charge on any atom is -0.465 e. The van der Waals surface area contributed by atoms with Crippen LogP contribution in [0.4, 0.5) is 5.69 Å². The minimum absolute atomic E-state index is 0.0360. The molecule has 0 aliphatic heterocycles. The predicted octanol–water partition coefficient (Wildman–Crippen LogP) is 4.17. The zero-order valence-electron chi connectivity index (χ0n) is 12.5. The van der Waals surface area contributed by atoms with Crippen molar-refractivity contribution in [2.75, 3.05) is 12.4 Å². The van der Waals surface area contributed by atoms with Crippen LogP contribution in [0.3, 0.4) is 0 Å². The van der Waals surface area contributed by atoms with Crippen LogP contribution in [0.2, 0.25) is 0 Å². The lowest BCUT2D eigenvalue weighted by Crippen LogP contribution is -2.17. The Kier molecular flexibility index (Phi) is 7.18. The van der Waals surface area contributed by atoms with E-state index in [0.29, 0.717) is 12.4 Å². The van der Waals surface area contributed by atoms with Gasteiger partial charge in [-0.25, -0.2) is 4.98 Å². The SMILES string of the molecule is CC(OCCSSc1ccccn1)Oc1ccc([N+](=O)[O-])cc1. The number of rotatable bonds is 9. The molecule has 0 aliphatic rings. The number of aromatic nitrogens is 1. The van der Waals surface area contributed by atoms with Crippen molar-refractivity contribution >= 4 is 27.3 Å². The molecule has 1 atom stereocenters. The van der Waals surface area contributed by atoms with E-state index in [0.717, 1.165) is 10.8 Å². The first-order valence-electron chi connectivity index (χ1n) is 6.88. The summed E-state index contributed by atoms with van der Waals surface area (Å²) in [4.78, 5) is 14.3. The van der Waals surface area contributed by atoms with E-state index in [2.05, 4.69) is 4.98 Å². The smallest absolute Gasteiger partial charge is 0.269 e. The predicted molar refractivity (Wildman–Crippen MR) is 91.7 cm³/mol. The molecule has 0 radical (unpaired) electrons. The number of nitrogens with zero attached hydrogens (tertiary/aromatic N) is 2. The number of benzene rings is 1. The molecule has 1 aromatic carbocycles. The first kappa shape index (κ1) is 17.6. The molecule has 8 heteroatoms. The molecule has 122 valence electrons. The molecule has 1 unspecified atom stereocenters. The molecule has 1 aromatic heterocycles. The second-order valence-electron chi connectivity index (χ2n) is 4.38. The fraction of sp³-hybridized carbons (Fsp3) is 0.267. The summed E-state index contributed by atoms with van der Waals surface area (Å²) >= 11 is 0. The lowest BCUT2D eigenvalue weighted by Gasteiger charge is -2.15. The summed E-state index contributed by atoms with van der Waals surface area (Å²) in [5, 5.41) is 11.5. The van der Waals surface area contributed by atoms with E-state index < -0.39 is 11.2 Å². The Labute approximate surface area is 142 Å². The highest BCUT2D eigenvalue weighted by Crippen LogP contribution is 2.28. The number of hydrogen-bond acceptors (Lipinski definition) is 7. The molecule has 0 saturated heterocycles. The number of ether oxygens (including phenoxy) is 2. The summed E-state index contributed by atoms with van der Waals surface area (Å²) in [5.41, 5.74) is 0.0360. The standard InChI is InChI=1S/C15H16N2O4S2/c1-12(21-14-7-5-13(6-8-14)17(18)19)20-10-11-22-23-15-4-2-3-9-16-15/h2-9,12H,10-11H2,1H3. The Morgan fingerprint density at radius 1 is 1.26 bits per heavy atom. The van der Waals surface area contributed by atoms with Gasteiger partial charge < -0.3 is 9.47 Å². The molecule has 0 N–H and O–H groups in total. The van der Waals surface area contributed by atoms with Gasteiger partial charge in [-0.15, -0.1) is 0 Å². The maximum Gasteiger partial charge on any atom is 0.269 e. The van der Waals surface area contributed by atoms with E-state index in [-0.39, 0.29) is 5.69 Å². The van der Waals surface area contributed by atoms with E-state index in [9.17, 15) is 10.1 Å². The Bertz CT molecular complexity index is 611. The molecule has 0 fully saturated rings. The molecule has 1 heterocycles. The molecule has 0 amide bonds. The molecule has 0 aliphatic carbocycles. The summed E-state index contributed by atoms with van der Waals surface area (Å²) in [6, 6.07) is 11.7. The van der Waals surface area contributed by atoms with Crippen molar-refractivity contribution < 1.29 is 14.4 Å². The van der Waals surface area contributed by atoms with E-state index in [1.54, 1.807) is 46.8 Å². The molecular formula is C15H16N2O4S2. The molecular weight excluding hydrogens is 336 g/mol. The summed E-state index contributed by atoms with van der Waals surface area (Å²) in [6.45, 7) is 2.33. The van der Waals surface area contributed by atoms with Crippen LogP contribution >= 0.6 is 21.6 Å². The molecule has 0 bridgehead atoms. The average molecular weight is 352 g/mol. The largest absolute Gasteiger partial charge is 0.465 e. The molecule has 0 saturated carbocycles. The molecule has 2 rings (SSSR count). The van der Waals surface area contributed by atoms with Crippen molar-refractivity contribution in [2.45, 2.75) is 18.2 Å². The third-order valence-corrected chi connectivity index (χ3v) is 4.88. The third kappa shape index (κ3) is 6.47. The van der Waals surface area contributed by atoms with Crippen molar-refractivity contribution in [3.8, 4) is 5.75 Å². The van der Waals surface area contributed by atoms with Crippen LogP contribution in [0.25, 0.3) is 0 Å². The first-order chi connectivity index (χ1) is 11.1. The quantitative estimate of drug-likeness (QED) is 0.220. The van der Waals surface area contributed by atoms with Gasteiger partial charge in [-0.2, -0.15) is 0 Å². The minimum atomic E-state index is -0.444. The van der Waals surface area contributed by atoms with Crippen molar-refractivity contribution in [2.24, 2.45) is 0 Å². The van der Waals surface area contributed by atoms with Gasteiger partial charge in [0.1, 0.15) is 10.8 Å². The summed E-state index contributed by atoms with van der Waals surface area (Å²) in [5.74, 6) is 1.34. The third-order valence-electron chi connectivity index (χ3n) is 2.65. The molecule has 6 nitrogen and oxygen atoms in total. The maximum absolute atomic E-state index is 10.6. The fourth-order valence-electron chi connectivity index (χ4n) is 1.62. The van der Waals surface area contributed by atoms with Gasteiger partial charge in [0.2, 0.25) is 0 Å². The summed E-state index contributed by atoms with van der Waals surface area (Å²) in [7, 11) is 3.26. The number of nitro benzene ring substituents is 1. The van der Waals surface area contributed by atoms with Gasteiger partial charge in [-0.3, -0.25) is 10.1 Å². The van der Waals surface area contributed by atoms with Crippen LogP contribution in [-0.2, 0) is 4.74 Å². The number of non-ortho nitro benzene ring substituents is 1. The highest BCUT2D eigenvalue weighted by Gasteiger charge is 2.07. The Balaban J connectivity index is 1.63. The van der Waals surface area contributed by atoms with Gasteiger partial charge in [0.15, 0.2) is 6.29 Å². The van der Waals surface area contributed by atoms with Crippen LogP contribution in [0, 0.1) is 10.1 Å². The van der Waals surface area contributed by atoms with Crippen LogP contribution in [0.1, 0.15) is 6.92 Å². The van der Waals surface area contributed by atoms with Crippen LogP contribution < -0.4 is 4.74 Å². The van der Waals surface area contributed by atoms with Crippen molar-refractivity contribution in [3.05, 3.63) is 58.8 Å². The summed E-state index contributed by atoms with van der Waals surface area (Å²) in [6.07, 6.45) is 1.34. The van der Waals surface area contributed by atoms with Gasteiger partial charge in [0, 0.05) is 24.1 Å². The van der Waals surface area contributed by atoms with Gasteiger partial charge >= 0.3 is 0 Å². The molecule has 2 aromatic rings. The normalized spacial score (nSPS) is 11.9. The number of pyridine rings is 1. The topological polar surface area (TPSA) is 74.5 Å². The van der Waals surface area contributed by atoms with E-state index in [4.69, 9.17) is 9.47 Å². The van der Waals surface area contributed by atoms with Crippen molar-refractivity contribution in [3.63, 3.8) is 0 Å². The second kappa shape index (κ2) is 9.39.